The molecule has 0 aliphatic heterocycles. The van der Waals surface area contributed by atoms with Gasteiger partial charge in [0.1, 0.15) is 5.58 Å². The summed E-state index contributed by atoms with van der Waals surface area (Å²) in [7, 11) is 0. The number of rotatable bonds is 6. The maximum absolute atomic E-state index is 12.2. The number of fused-ring (bicyclic) bond motifs is 1. The number of nitrogens with zero attached hydrogens (tertiary/aromatic N) is 2. The minimum absolute atomic E-state index is 0.0370. The van der Waals surface area contributed by atoms with E-state index in [1.807, 2.05) is 18.2 Å². The summed E-state index contributed by atoms with van der Waals surface area (Å²) in [5.41, 5.74) is 8.91. The lowest BCUT2D eigenvalue weighted by Gasteiger charge is -2.21. The minimum atomic E-state index is -0.513. The third-order valence-electron chi connectivity index (χ3n) is 3.58. The van der Waals surface area contributed by atoms with Gasteiger partial charge < -0.3 is 15.1 Å². The highest BCUT2D eigenvalue weighted by atomic mass is 35.5. The molecule has 0 atom stereocenters. The number of allylic oxidation sites excluding steroid dienone is 1. The van der Waals surface area contributed by atoms with E-state index in [1.54, 1.807) is 6.07 Å². The van der Waals surface area contributed by atoms with Crippen LogP contribution in [0.1, 0.15) is 19.4 Å². The second kappa shape index (κ2) is 8.64. The largest absolute Gasteiger partial charge is 0.422 e. The molecule has 2 rings (SSSR count). The van der Waals surface area contributed by atoms with Crippen LogP contribution in [0, 0.1) is 0 Å². The number of anilines is 1. The Morgan fingerprint density at radius 3 is 2.76 bits per heavy atom. The van der Waals surface area contributed by atoms with Gasteiger partial charge in [-0.2, -0.15) is 5.10 Å². The predicted octanol–water partition coefficient (Wildman–Crippen LogP) is 3.04. The van der Waals surface area contributed by atoms with Crippen LogP contribution in [0.15, 0.2) is 44.7 Å². The molecular weight excluding hydrogens is 360 g/mol. The van der Waals surface area contributed by atoms with Crippen LogP contribution >= 0.6 is 23.8 Å². The number of hydrazone groups is 1. The van der Waals surface area contributed by atoms with Crippen LogP contribution in [0.2, 0.25) is 0 Å². The van der Waals surface area contributed by atoms with Gasteiger partial charge in [-0.3, -0.25) is 5.43 Å². The summed E-state index contributed by atoms with van der Waals surface area (Å²) in [6.07, 6.45) is 2.81. The molecule has 1 heterocycles. The van der Waals surface area contributed by atoms with Gasteiger partial charge in [-0.25, -0.2) is 4.79 Å². The van der Waals surface area contributed by atoms with E-state index in [4.69, 9.17) is 21.8 Å². The maximum atomic E-state index is 12.2. The highest BCUT2D eigenvalue weighted by molar-refractivity contribution is 7.80. The van der Waals surface area contributed by atoms with Crippen molar-refractivity contribution in [1.82, 2.24) is 5.43 Å². The molecule has 25 heavy (non-hydrogen) atoms. The van der Waals surface area contributed by atoms with Crippen molar-refractivity contribution in [3.63, 3.8) is 0 Å². The van der Waals surface area contributed by atoms with E-state index in [0.717, 1.165) is 24.2 Å². The predicted molar refractivity (Wildman–Crippen MR) is 108 cm³/mol. The third kappa shape index (κ3) is 4.80. The fourth-order valence-electron chi connectivity index (χ4n) is 2.35. The fourth-order valence-corrected chi connectivity index (χ4v) is 2.59. The van der Waals surface area contributed by atoms with Crippen molar-refractivity contribution in [2.45, 2.75) is 13.8 Å². The lowest BCUT2D eigenvalue weighted by molar-refractivity contribution is 0.559. The molecule has 1 aromatic heterocycles. The van der Waals surface area contributed by atoms with Crippen LogP contribution in [0.4, 0.5) is 5.69 Å². The molecule has 0 unspecified atom stereocenters. The first-order valence-electron chi connectivity index (χ1n) is 7.73. The molecule has 2 aromatic rings. The molecule has 3 N–H and O–H groups in total. The molecule has 0 saturated heterocycles. The molecule has 0 saturated carbocycles. The monoisotopic (exact) mass is 378 g/mol. The Kier molecular flexibility index (Phi) is 6.55. The van der Waals surface area contributed by atoms with Gasteiger partial charge in [0.2, 0.25) is 0 Å². The first-order chi connectivity index (χ1) is 12.0. The Bertz CT molecular complexity index is 888. The highest BCUT2D eigenvalue weighted by Crippen LogP contribution is 2.24. The van der Waals surface area contributed by atoms with Gasteiger partial charge in [-0.15, -0.1) is 0 Å². The van der Waals surface area contributed by atoms with Gasteiger partial charge in [-0.1, -0.05) is 11.6 Å². The molecule has 0 amide bonds. The summed E-state index contributed by atoms with van der Waals surface area (Å²) in [5, 5.41) is 4.77. The first kappa shape index (κ1) is 19.0. The average Bonchev–Trinajstić information content (AvgIpc) is 2.58. The number of halogens is 1. The molecule has 1 aromatic carbocycles. The smallest absolute Gasteiger partial charge is 0.345 e. The SMILES string of the molecule is CCN(CC)c1ccc2cc(/C(Cl)=C/C=N/NC(N)=S)c(=O)oc2c1. The second-order valence-corrected chi connectivity index (χ2v) is 5.96. The number of nitrogens with one attached hydrogen (secondary N) is 1. The van der Waals surface area contributed by atoms with E-state index in [0.29, 0.717) is 5.58 Å². The summed E-state index contributed by atoms with van der Waals surface area (Å²) in [6, 6.07) is 7.45. The van der Waals surface area contributed by atoms with Crippen molar-refractivity contribution in [2.75, 3.05) is 18.0 Å². The molecule has 132 valence electrons. The molecule has 0 aliphatic rings. The van der Waals surface area contributed by atoms with Gasteiger partial charge in [0, 0.05) is 36.4 Å². The normalized spacial score (nSPS) is 11.9. The van der Waals surface area contributed by atoms with Crippen molar-refractivity contribution in [3.05, 3.63) is 46.3 Å². The summed E-state index contributed by atoms with van der Waals surface area (Å²) in [6.45, 7) is 5.90. The molecule has 0 radical (unpaired) electrons. The van der Waals surface area contributed by atoms with E-state index < -0.39 is 5.63 Å². The molecule has 8 heteroatoms. The minimum Gasteiger partial charge on any atom is -0.422 e. The average molecular weight is 379 g/mol. The van der Waals surface area contributed by atoms with Crippen molar-refractivity contribution in [1.29, 1.82) is 0 Å². The Morgan fingerprint density at radius 2 is 2.12 bits per heavy atom. The number of thiocarbonyl (C=S) groups is 1. The van der Waals surface area contributed by atoms with Gasteiger partial charge in [0.05, 0.1) is 10.6 Å². The Morgan fingerprint density at radius 1 is 1.40 bits per heavy atom. The zero-order chi connectivity index (χ0) is 18.4. The van der Waals surface area contributed by atoms with Gasteiger partial charge >= 0.3 is 5.63 Å². The van der Waals surface area contributed by atoms with Crippen molar-refractivity contribution in [3.8, 4) is 0 Å². The molecular formula is C17H19ClN4O2S. The standard InChI is InChI=1S/C17H19ClN4O2S/c1-3-22(4-2)12-6-5-11-9-13(16(23)24-15(11)10-12)14(18)7-8-20-21-17(19)25/h5-10H,3-4H2,1-2H3,(H3,19,21,25)/b14-7-,20-8+. The first-order valence-corrected chi connectivity index (χ1v) is 8.52. The Balaban J connectivity index is 2.37. The Labute approximate surface area is 155 Å². The Hall–Kier alpha value is -2.38. The van der Waals surface area contributed by atoms with Crippen LogP contribution in [0.3, 0.4) is 0 Å². The molecule has 0 aliphatic carbocycles. The lowest BCUT2D eigenvalue weighted by Crippen LogP contribution is -2.23. The fraction of sp³-hybridized carbons (Fsp3) is 0.235. The number of hydrogen-bond acceptors (Lipinski definition) is 5. The molecule has 6 nitrogen and oxygen atoms in total. The van der Waals surface area contributed by atoms with Gasteiger partial charge in [0.25, 0.3) is 0 Å². The van der Waals surface area contributed by atoms with E-state index in [-0.39, 0.29) is 15.7 Å². The summed E-state index contributed by atoms with van der Waals surface area (Å²) >= 11 is 10.8. The van der Waals surface area contributed by atoms with E-state index in [1.165, 1.54) is 12.3 Å². The molecule has 0 fully saturated rings. The van der Waals surface area contributed by atoms with E-state index >= 15 is 0 Å². The molecule has 0 bridgehead atoms. The number of nitrogens with two attached hydrogens (primary N) is 1. The zero-order valence-electron chi connectivity index (χ0n) is 14.0. The van der Waals surface area contributed by atoms with Crippen LogP contribution in [0.5, 0.6) is 0 Å². The maximum Gasteiger partial charge on any atom is 0.345 e. The van der Waals surface area contributed by atoms with Crippen molar-refractivity contribution >= 4 is 56.8 Å². The van der Waals surface area contributed by atoms with Gasteiger partial charge in [0.15, 0.2) is 5.11 Å². The van der Waals surface area contributed by atoms with Crippen LogP contribution < -0.4 is 21.7 Å². The van der Waals surface area contributed by atoms with Crippen LogP contribution in [0.25, 0.3) is 16.0 Å². The van der Waals surface area contributed by atoms with Crippen molar-refractivity contribution in [2.24, 2.45) is 10.8 Å². The quantitative estimate of drug-likeness (QED) is 0.348. The van der Waals surface area contributed by atoms with E-state index in [9.17, 15) is 4.79 Å². The van der Waals surface area contributed by atoms with Gasteiger partial charge in [-0.05, 0) is 50.3 Å². The summed E-state index contributed by atoms with van der Waals surface area (Å²) in [5.74, 6) is 0. The summed E-state index contributed by atoms with van der Waals surface area (Å²) < 4.78 is 5.43. The van der Waals surface area contributed by atoms with E-state index in [2.05, 4.69) is 41.5 Å². The highest BCUT2D eigenvalue weighted by Gasteiger charge is 2.10. The van der Waals surface area contributed by atoms with Crippen LogP contribution in [-0.4, -0.2) is 24.4 Å². The zero-order valence-corrected chi connectivity index (χ0v) is 15.5. The topological polar surface area (TPSA) is 83.9 Å². The molecule has 0 spiro atoms. The lowest BCUT2D eigenvalue weighted by atomic mass is 10.1. The van der Waals surface area contributed by atoms with Crippen LogP contribution in [-0.2, 0) is 0 Å². The number of benzene rings is 1. The number of hydrogen-bond donors (Lipinski definition) is 2. The summed E-state index contributed by atoms with van der Waals surface area (Å²) in [4.78, 5) is 14.4. The third-order valence-corrected chi connectivity index (χ3v) is 4.00. The second-order valence-electron chi connectivity index (χ2n) is 5.11. The van der Waals surface area contributed by atoms with Crippen molar-refractivity contribution < 1.29 is 4.42 Å².